The molecule has 0 atom stereocenters. The van der Waals surface area contributed by atoms with E-state index in [-0.39, 0.29) is 0 Å². The molecule has 1 N–H and O–H groups in total. The van der Waals surface area contributed by atoms with Crippen molar-refractivity contribution in [1.82, 2.24) is 10.3 Å². The monoisotopic (exact) mass is 206 g/mol. The smallest absolute Gasteiger partial charge is 0.142 e. The second-order valence-electron chi connectivity index (χ2n) is 3.57. The van der Waals surface area contributed by atoms with E-state index < -0.39 is 0 Å². The highest BCUT2D eigenvalue weighted by Gasteiger charge is 2.01. The number of hydrogen-bond donors (Lipinski definition) is 1. The van der Waals surface area contributed by atoms with Crippen molar-refractivity contribution in [3.8, 4) is 5.75 Å². The van der Waals surface area contributed by atoms with Gasteiger partial charge >= 0.3 is 0 Å². The van der Waals surface area contributed by atoms with Crippen molar-refractivity contribution in [3.05, 3.63) is 36.2 Å². The summed E-state index contributed by atoms with van der Waals surface area (Å²) in [5.74, 6) is 0.855. The second kappa shape index (κ2) is 6.19. The molecule has 0 radical (unpaired) electrons. The molecule has 1 heterocycles. The van der Waals surface area contributed by atoms with Gasteiger partial charge in [-0.3, -0.25) is 4.98 Å². The van der Waals surface area contributed by atoms with E-state index >= 15 is 0 Å². The Hall–Kier alpha value is -1.35. The zero-order valence-electron chi connectivity index (χ0n) is 9.42. The summed E-state index contributed by atoms with van der Waals surface area (Å²) in [5.41, 5.74) is 2.27. The molecule has 0 saturated heterocycles. The van der Waals surface area contributed by atoms with E-state index in [9.17, 15) is 0 Å². The summed E-state index contributed by atoms with van der Waals surface area (Å²) >= 11 is 0. The minimum absolute atomic E-state index is 0.664. The normalized spacial score (nSPS) is 10.0. The van der Waals surface area contributed by atoms with Gasteiger partial charge in [0.15, 0.2) is 0 Å². The highest BCUT2D eigenvalue weighted by atomic mass is 16.5. The first-order chi connectivity index (χ1) is 7.24. The Balaban J connectivity index is 2.55. The molecule has 0 spiro atoms. The van der Waals surface area contributed by atoms with Crippen LogP contribution < -0.4 is 10.1 Å². The van der Waals surface area contributed by atoms with E-state index in [0.717, 1.165) is 29.9 Å². The quantitative estimate of drug-likeness (QED) is 0.724. The fourth-order valence-electron chi connectivity index (χ4n) is 1.21. The van der Waals surface area contributed by atoms with E-state index in [1.165, 1.54) is 0 Å². The van der Waals surface area contributed by atoms with Gasteiger partial charge in [-0.15, -0.1) is 6.58 Å². The first-order valence-corrected chi connectivity index (χ1v) is 5.08. The number of rotatable bonds is 6. The van der Waals surface area contributed by atoms with Crippen LogP contribution in [-0.4, -0.2) is 18.6 Å². The van der Waals surface area contributed by atoms with Gasteiger partial charge in [0.25, 0.3) is 0 Å². The summed E-state index contributed by atoms with van der Waals surface area (Å²) in [6.45, 7) is 7.30. The Morgan fingerprint density at radius 2 is 2.40 bits per heavy atom. The van der Waals surface area contributed by atoms with E-state index in [0.29, 0.717) is 6.61 Å². The van der Waals surface area contributed by atoms with Crippen LogP contribution in [0.25, 0.3) is 0 Å². The predicted octanol–water partition coefficient (Wildman–Crippen LogP) is 2.15. The molecular weight excluding hydrogens is 188 g/mol. The number of pyridine rings is 1. The van der Waals surface area contributed by atoms with Crippen molar-refractivity contribution < 1.29 is 4.74 Å². The van der Waals surface area contributed by atoms with Crippen molar-refractivity contribution in [3.63, 3.8) is 0 Å². The molecular formula is C12H18N2O. The van der Waals surface area contributed by atoms with Crippen LogP contribution in [0.15, 0.2) is 30.6 Å². The van der Waals surface area contributed by atoms with Gasteiger partial charge in [-0.2, -0.15) is 0 Å². The third-order valence-corrected chi connectivity index (χ3v) is 2.02. The van der Waals surface area contributed by atoms with Crippen LogP contribution >= 0.6 is 0 Å². The summed E-state index contributed by atoms with van der Waals surface area (Å²) in [6.07, 6.45) is 4.41. The Morgan fingerprint density at radius 1 is 1.60 bits per heavy atom. The SMILES string of the molecule is C=C(C)CCOc1cnccc1CNC. The van der Waals surface area contributed by atoms with Crippen LogP contribution in [0.2, 0.25) is 0 Å². The molecule has 0 amide bonds. The van der Waals surface area contributed by atoms with Crippen molar-refractivity contribution in [2.45, 2.75) is 19.9 Å². The maximum Gasteiger partial charge on any atom is 0.142 e. The van der Waals surface area contributed by atoms with E-state index in [1.807, 2.05) is 20.0 Å². The van der Waals surface area contributed by atoms with Crippen LogP contribution in [-0.2, 0) is 6.54 Å². The van der Waals surface area contributed by atoms with Crippen LogP contribution in [0, 0.1) is 0 Å². The van der Waals surface area contributed by atoms with E-state index in [2.05, 4.69) is 16.9 Å². The lowest BCUT2D eigenvalue weighted by molar-refractivity contribution is 0.316. The first kappa shape index (κ1) is 11.7. The molecule has 3 heteroatoms. The van der Waals surface area contributed by atoms with Crippen LogP contribution in [0.5, 0.6) is 5.75 Å². The van der Waals surface area contributed by atoms with E-state index in [4.69, 9.17) is 4.74 Å². The number of aromatic nitrogens is 1. The minimum Gasteiger partial charge on any atom is -0.491 e. The summed E-state index contributed by atoms with van der Waals surface area (Å²) in [5, 5.41) is 3.10. The third-order valence-electron chi connectivity index (χ3n) is 2.02. The molecule has 0 aliphatic rings. The van der Waals surface area contributed by atoms with Crippen molar-refractivity contribution >= 4 is 0 Å². The molecule has 0 aliphatic carbocycles. The Kier molecular flexibility index (Phi) is 4.84. The molecule has 1 aromatic rings. The second-order valence-corrected chi connectivity index (χ2v) is 3.57. The van der Waals surface area contributed by atoms with Gasteiger partial charge in [-0.1, -0.05) is 5.57 Å². The standard InChI is InChI=1S/C12H18N2O/c1-10(2)5-7-15-12-9-14-6-4-11(12)8-13-3/h4,6,9,13H,1,5,7-8H2,2-3H3. The van der Waals surface area contributed by atoms with Crippen molar-refractivity contribution in [1.29, 1.82) is 0 Å². The number of nitrogens with zero attached hydrogens (tertiary/aromatic N) is 1. The van der Waals surface area contributed by atoms with Crippen molar-refractivity contribution in [2.24, 2.45) is 0 Å². The van der Waals surface area contributed by atoms with Gasteiger partial charge < -0.3 is 10.1 Å². The van der Waals surface area contributed by atoms with Crippen LogP contribution in [0.3, 0.4) is 0 Å². The Morgan fingerprint density at radius 3 is 3.07 bits per heavy atom. The Bertz CT molecular complexity index is 323. The lowest BCUT2D eigenvalue weighted by atomic mass is 10.2. The fourth-order valence-corrected chi connectivity index (χ4v) is 1.21. The largest absolute Gasteiger partial charge is 0.491 e. The zero-order chi connectivity index (χ0) is 11.1. The van der Waals surface area contributed by atoms with Crippen LogP contribution in [0.1, 0.15) is 18.9 Å². The fraction of sp³-hybridized carbons (Fsp3) is 0.417. The molecule has 15 heavy (non-hydrogen) atoms. The lowest BCUT2D eigenvalue weighted by Gasteiger charge is -2.10. The van der Waals surface area contributed by atoms with Gasteiger partial charge in [0.05, 0.1) is 12.8 Å². The number of hydrogen-bond acceptors (Lipinski definition) is 3. The summed E-state index contributed by atoms with van der Waals surface area (Å²) in [7, 11) is 1.91. The molecule has 0 bridgehead atoms. The average Bonchev–Trinajstić information content (AvgIpc) is 2.20. The third kappa shape index (κ3) is 4.13. The first-order valence-electron chi connectivity index (χ1n) is 5.08. The van der Waals surface area contributed by atoms with Gasteiger partial charge in [-0.25, -0.2) is 0 Å². The van der Waals surface area contributed by atoms with E-state index in [1.54, 1.807) is 12.4 Å². The maximum atomic E-state index is 5.64. The molecule has 0 aromatic carbocycles. The topological polar surface area (TPSA) is 34.1 Å². The molecule has 0 unspecified atom stereocenters. The number of ether oxygens (including phenoxy) is 1. The Labute approximate surface area is 91.2 Å². The highest BCUT2D eigenvalue weighted by Crippen LogP contribution is 2.16. The zero-order valence-corrected chi connectivity index (χ0v) is 9.42. The molecule has 1 rings (SSSR count). The average molecular weight is 206 g/mol. The van der Waals surface area contributed by atoms with Crippen molar-refractivity contribution in [2.75, 3.05) is 13.7 Å². The van der Waals surface area contributed by atoms with Gasteiger partial charge in [-0.05, 0) is 20.0 Å². The van der Waals surface area contributed by atoms with Gasteiger partial charge in [0, 0.05) is 24.7 Å². The molecule has 82 valence electrons. The summed E-state index contributed by atoms with van der Waals surface area (Å²) in [4.78, 5) is 4.05. The van der Waals surface area contributed by atoms with Crippen LogP contribution in [0.4, 0.5) is 0 Å². The molecule has 0 saturated carbocycles. The molecule has 1 aromatic heterocycles. The predicted molar refractivity (Wildman–Crippen MR) is 61.9 cm³/mol. The molecule has 0 fully saturated rings. The number of nitrogens with one attached hydrogen (secondary N) is 1. The minimum atomic E-state index is 0.664. The summed E-state index contributed by atoms with van der Waals surface area (Å²) in [6, 6.07) is 1.96. The lowest BCUT2D eigenvalue weighted by Crippen LogP contribution is -2.08. The molecule has 3 nitrogen and oxygen atoms in total. The summed E-state index contributed by atoms with van der Waals surface area (Å²) < 4.78 is 5.64. The highest BCUT2D eigenvalue weighted by molar-refractivity contribution is 5.29. The maximum absolute atomic E-state index is 5.64. The van der Waals surface area contributed by atoms with Gasteiger partial charge in [0.2, 0.25) is 0 Å². The molecule has 0 aliphatic heterocycles. The van der Waals surface area contributed by atoms with Gasteiger partial charge in [0.1, 0.15) is 5.75 Å².